The van der Waals surface area contributed by atoms with Gasteiger partial charge in [0.2, 0.25) is 11.8 Å². The van der Waals surface area contributed by atoms with Gasteiger partial charge in [-0.2, -0.15) is 19.6 Å². The molecule has 11 heteroatoms. The molecule has 1 aliphatic heterocycles. The van der Waals surface area contributed by atoms with Crippen molar-refractivity contribution in [2.75, 3.05) is 31.5 Å². The highest BCUT2D eigenvalue weighted by molar-refractivity contribution is 5.57. The van der Waals surface area contributed by atoms with Gasteiger partial charge in [0.1, 0.15) is 5.69 Å². The monoisotopic (exact) mass is 397 g/mol. The number of hydrogen-bond acceptors (Lipinski definition) is 8. The number of hydrogen-bond donors (Lipinski definition) is 4. The number of aromatic hydroxyl groups is 1. The number of fused-ring (bicyclic) bond motifs is 1. The highest BCUT2D eigenvalue weighted by Gasteiger charge is 2.21. The molecule has 152 valence electrons. The summed E-state index contributed by atoms with van der Waals surface area (Å²) in [4.78, 5) is 32.5. The van der Waals surface area contributed by atoms with E-state index in [1.807, 2.05) is 0 Å². The molecule has 0 bridgehead atoms. The van der Waals surface area contributed by atoms with Gasteiger partial charge in [0.05, 0.1) is 12.2 Å². The number of imidazole rings is 1. The number of likely N-dealkylation sites (tertiary alicyclic amines) is 1. The van der Waals surface area contributed by atoms with Crippen molar-refractivity contribution < 1.29 is 5.11 Å². The van der Waals surface area contributed by atoms with Gasteiger partial charge in [-0.3, -0.25) is 4.98 Å². The molecule has 3 aromatic heterocycles. The van der Waals surface area contributed by atoms with Crippen LogP contribution in [-0.2, 0) is 0 Å². The van der Waals surface area contributed by atoms with Crippen molar-refractivity contribution in [1.29, 1.82) is 0 Å². The van der Waals surface area contributed by atoms with Crippen LogP contribution in [0.4, 0.5) is 5.95 Å². The maximum Gasteiger partial charge on any atom is 0.326 e. The Hall–Kier alpha value is -3.21. The summed E-state index contributed by atoms with van der Waals surface area (Å²) >= 11 is 0. The predicted octanol–water partition coefficient (Wildman–Crippen LogP) is -1.04. The Morgan fingerprint density at radius 1 is 1.28 bits per heavy atom. The molecule has 1 saturated carbocycles. The molecule has 11 nitrogen and oxygen atoms in total. The quantitative estimate of drug-likeness (QED) is 0.417. The van der Waals surface area contributed by atoms with E-state index in [4.69, 9.17) is 0 Å². The van der Waals surface area contributed by atoms with E-state index >= 15 is 0 Å². The van der Waals surface area contributed by atoms with Crippen LogP contribution >= 0.6 is 0 Å². The lowest BCUT2D eigenvalue weighted by Gasteiger charge is -2.14. The van der Waals surface area contributed by atoms with Crippen LogP contribution in [0.3, 0.4) is 0 Å². The number of nitrogens with one attached hydrogen (secondary N) is 3. The van der Waals surface area contributed by atoms with Crippen molar-refractivity contribution in [3.8, 4) is 5.88 Å². The van der Waals surface area contributed by atoms with Crippen molar-refractivity contribution in [3.05, 3.63) is 33.2 Å². The fraction of sp³-hybridized carbons (Fsp3) is 0.500. The molecule has 0 radical (unpaired) electrons. The molecule has 1 aliphatic carbocycles. The zero-order chi connectivity index (χ0) is 19.8. The third-order valence-corrected chi connectivity index (χ3v) is 5.17. The summed E-state index contributed by atoms with van der Waals surface area (Å²) in [5.74, 6) is 0.272. The van der Waals surface area contributed by atoms with Gasteiger partial charge in [-0.15, -0.1) is 0 Å². The van der Waals surface area contributed by atoms with Crippen LogP contribution in [0.25, 0.3) is 11.7 Å². The van der Waals surface area contributed by atoms with Gasteiger partial charge in [0.15, 0.2) is 5.65 Å². The number of H-pyrrole nitrogens is 2. The molecule has 2 fully saturated rings. The van der Waals surface area contributed by atoms with Crippen LogP contribution in [0.2, 0.25) is 0 Å². The molecule has 5 rings (SSSR count). The number of anilines is 1. The van der Waals surface area contributed by atoms with E-state index < -0.39 is 5.69 Å². The first kappa shape index (κ1) is 17.9. The molecule has 4 heterocycles. The Kier molecular flexibility index (Phi) is 4.51. The molecule has 3 aromatic rings. The molecule has 0 aromatic carbocycles. The molecular formula is C18H23N9O2. The van der Waals surface area contributed by atoms with E-state index in [1.165, 1.54) is 12.8 Å². The molecule has 0 spiro atoms. The van der Waals surface area contributed by atoms with Gasteiger partial charge in [0.25, 0.3) is 5.62 Å². The zero-order valence-electron chi connectivity index (χ0n) is 15.9. The van der Waals surface area contributed by atoms with E-state index in [1.54, 1.807) is 16.8 Å². The van der Waals surface area contributed by atoms with E-state index in [0.29, 0.717) is 22.4 Å². The minimum absolute atomic E-state index is 0.227. The Bertz CT molecular complexity index is 1200. The second-order valence-corrected chi connectivity index (χ2v) is 7.50. The number of aromatic amines is 2. The maximum atomic E-state index is 11.4. The van der Waals surface area contributed by atoms with Gasteiger partial charge in [-0.25, -0.2) is 9.79 Å². The first-order valence-corrected chi connectivity index (χ1v) is 9.94. The van der Waals surface area contributed by atoms with Gasteiger partial charge in [0, 0.05) is 18.3 Å². The SMILES string of the molecule is O=c1[nH]c(O)c(C=c2cnn3c(=NC4CC4)nc(NCCN4CCCC4)nc23)[nH]1. The van der Waals surface area contributed by atoms with Crippen LogP contribution in [0.5, 0.6) is 5.88 Å². The molecule has 0 amide bonds. The highest BCUT2D eigenvalue weighted by atomic mass is 16.3. The molecule has 4 N–H and O–H groups in total. The van der Waals surface area contributed by atoms with Crippen LogP contribution < -0.4 is 21.8 Å². The summed E-state index contributed by atoms with van der Waals surface area (Å²) in [6.45, 7) is 3.98. The topological polar surface area (TPSA) is 140 Å². The van der Waals surface area contributed by atoms with Crippen LogP contribution in [0.1, 0.15) is 31.4 Å². The van der Waals surface area contributed by atoms with Crippen molar-refractivity contribution in [2.24, 2.45) is 4.99 Å². The van der Waals surface area contributed by atoms with Crippen molar-refractivity contribution in [3.63, 3.8) is 0 Å². The van der Waals surface area contributed by atoms with E-state index in [9.17, 15) is 9.90 Å². The van der Waals surface area contributed by atoms with Crippen LogP contribution in [0, 0.1) is 0 Å². The lowest BCUT2D eigenvalue weighted by atomic mass is 10.3. The average molecular weight is 397 g/mol. The maximum absolute atomic E-state index is 11.4. The highest BCUT2D eigenvalue weighted by Crippen LogP contribution is 2.22. The lowest BCUT2D eigenvalue weighted by Crippen LogP contribution is -2.29. The summed E-state index contributed by atoms with van der Waals surface area (Å²) in [5.41, 5.74) is 0.860. The van der Waals surface area contributed by atoms with Crippen LogP contribution in [-0.4, -0.2) is 71.8 Å². The molecule has 0 unspecified atom stereocenters. The van der Waals surface area contributed by atoms with Crippen LogP contribution in [0.15, 0.2) is 16.0 Å². The average Bonchev–Trinajstić information content (AvgIpc) is 3.07. The second kappa shape index (κ2) is 7.32. The zero-order valence-corrected chi connectivity index (χ0v) is 15.9. The fourth-order valence-corrected chi connectivity index (χ4v) is 3.49. The van der Waals surface area contributed by atoms with E-state index in [2.05, 4.69) is 40.2 Å². The minimum Gasteiger partial charge on any atom is -0.493 e. The standard InChI is InChI=1S/C18H23N9O2/c28-15-13(22-18(29)24-15)9-11-10-20-27-14(11)23-16(25-17(27)21-12-3-4-12)19-5-8-26-6-1-2-7-26/h9-10,12,28H,1-8H2,(H,19,21,25)(H2,22,24,29). The summed E-state index contributed by atoms with van der Waals surface area (Å²) in [6, 6.07) is 0.284. The first-order valence-electron chi connectivity index (χ1n) is 9.94. The van der Waals surface area contributed by atoms with Gasteiger partial charge in [-0.05, 0) is 44.8 Å². The van der Waals surface area contributed by atoms with E-state index in [0.717, 1.165) is 39.0 Å². The first-order chi connectivity index (χ1) is 14.2. The van der Waals surface area contributed by atoms with Crippen molar-refractivity contribution >= 4 is 17.7 Å². The smallest absolute Gasteiger partial charge is 0.326 e. The van der Waals surface area contributed by atoms with Gasteiger partial charge in [-0.1, -0.05) is 0 Å². The van der Waals surface area contributed by atoms with Gasteiger partial charge >= 0.3 is 5.69 Å². The normalized spacial score (nSPS) is 18.9. The van der Waals surface area contributed by atoms with E-state index in [-0.39, 0.29) is 17.6 Å². The Morgan fingerprint density at radius 2 is 2.10 bits per heavy atom. The summed E-state index contributed by atoms with van der Waals surface area (Å²) in [7, 11) is 0. The Morgan fingerprint density at radius 3 is 2.83 bits per heavy atom. The lowest BCUT2D eigenvalue weighted by molar-refractivity contribution is 0.352. The number of aromatic nitrogens is 6. The summed E-state index contributed by atoms with van der Waals surface area (Å²) in [5, 5.41) is 18.2. The number of rotatable bonds is 6. The molecule has 1 saturated heterocycles. The minimum atomic E-state index is -0.478. The molecule has 2 aliphatic rings. The predicted molar refractivity (Wildman–Crippen MR) is 105 cm³/mol. The molecule has 0 atom stereocenters. The second-order valence-electron chi connectivity index (χ2n) is 7.50. The third kappa shape index (κ3) is 3.86. The van der Waals surface area contributed by atoms with Crippen molar-refractivity contribution in [1.82, 2.24) is 34.4 Å². The fourth-order valence-electron chi connectivity index (χ4n) is 3.49. The summed E-state index contributed by atoms with van der Waals surface area (Å²) < 4.78 is 1.59. The number of nitrogens with zero attached hydrogens (tertiary/aromatic N) is 6. The molecular weight excluding hydrogens is 374 g/mol. The Labute approximate surface area is 165 Å². The Balaban J connectivity index is 1.52. The largest absolute Gasteiger partial charge is 0.493 e. The summed E-state index contributed by atoms with van der Waals surface area (Å²) in [6.07, 6.45) is 7.88. The third-order valence-electron chi connectivity index (χ3n) is 5.17. The van der Waals surface area contributed by atoms with Crippen molar-refractivity contribution in [2.45, 2.75) is 31.7 Å². The van der Waals surface area contributed by atoms with Gasteiger partial charge < -0.3 is 20.3 Å². The molecule has 29 heavy (non-hydrogen) atoms.